The maximum atomic E-state index is 12.5. The number of rotatable bonds is 6. The van der Waals surface area contributed by atoms with Gasteiger partial charge >= 0.3 is 0 Å². The lowest BCUT2D eigenvalue weighted by Gasteiger charge is -2.25. The molecule has 1 aliphatic carbocycles. The predicted molar refractivity (Wildman–Crippen MR) is 103 cm³/mol. The molecular weight excluding hydrogens is 380 g/mol. The lowest BCUT2D eigenvalue weighted by atomic mass is 9.96. The molecule has 8 nitrogen and oxygen atoms in total. The van der Waals surface area contributed by atoms with E-state index in [0.29, 0.717) is 18.6 Å². The fraction of sp³-hybridized carbons (Fsp3) is 0.368. The van der Waals surface area contributed by atoms with E-state index in [1.165, 1.54) is 6.26 Å². The maximum absolute atomic E-state index is 12.5. The molecule has 1 fully saturated rings. The molecule has 0 saturated heterocycles. The first kappa shape index (κ1) is 18.4. The van der Waals surface area contributed by atoms with Gasteiger partial charge in [0.05, 0.1) is 15.2 Å². The van der Waals surface area contributed by atoms with Crippen LogP contribution in [-0.2, 0) is 11.4 Å². The Kier molecular flexibility index (Phi) is 4.76. The fourth-order valence-corrected chi connectivity index (χ4v) is 4.24. The third kappa shape index (κ3) is 3.57. The average Bonchev–Trinajstić information content (AvgIpc) is 3.38. The van der Waals surface area contributed by atoms with E-state index in [2.05, 4.69) is 15.3 Å². The number of benzene rings is 1. The van der Waals surface area contributed by atoms with Gasteiger partial charge in [0.15, 0.2) is 12.3 Å². The number of ether oxygens (including phenoxy) is 1. The van der Waals surface area contributed by atoms with Crippen LogP contribution in [0.1, 0.15) is 47.1 Å². The van der Waals surface area contributed by atoms with Crippen molar-refractivity contribution < 1.29 is 18.7 Å². The van der Waals surface area contributed by atoms with Crippen molar-refractivity contribution >= 4 is 33.4 Å². The van der Waals surface area contributed by atoms with E-state index < -0.39 is 17.4 Å². The highest BCUT2D eigenvalue weighted by Gasteiger charge is 2.41. The van der Waals surface area contributed by atoms with Crippen molar-refractivity contribution in [3.63, 3.8) is 0 Å². The number of oxazole rings is 1. The Morgan fingerprint density at radius 3 is 2.86 bits per heavy atom. The van der Waals surface area contributed by atoms with Gasteiger partial charge < -0.3 is 20.2 Å². The molecule has 146 valence electrons. The molecule has 28 heavy (non-hydrogen) atoms. The number of amides is 2. The SMILES string of the molecule is Cc1nc2cc(OCc3nc(C(=O)NC4(C(N)=O)CCCC4)co3)ccc2s1. The second kappa shape index (κ2) is 7.23. The number of hydrogen-bond acceptors (Lipinski definition) is 7. The van der Waals surface area contributed by atoms with Gasteiger partial charge in [-0.3, -0.25) is 9.59 Å². The summed E-state index contributed by atoms with van der Waals surface area (Å²) in [6, 6.07) is 5.66. The Morgan fingerprint density at radius 1 is 1.32 bits per heavy atom. The minimum atomic E-state index is -0.992. The summed E-state index contributed by atoms with van der Waals surface area (Å²) in [7, 11) is 0. The summed E-state index contributed by atoms with van der Waals surface area (Å²) >= 11 is 1.62. The van der Waals surface area contributed by atoms with Crippen LogP contribution in [0.4, 0.5) is 0 Å². The number of nitrogens with zero attached hydrogens (tertiary/aromatic N) is 2. The molecule has 9 heteroatoms. The molecule has 0 radical (unpaired) electrons. The number of carbonyl (C=O) groups is 2. The fourth-order valence-electron chi connectivity index (χ4n) is 3.43. The van der Waals surface area contributed by atoms with E-state index in [-0.39, 0.29) is 18.2 Å². The Bertz CT molecular complexity index is 1040. The third-order valence-electron chi connectivity index (χ3n) is 4.89. The standard InChI is InChI=1S/C19H20N4O4S/c1-11-21-13-8-12(4-5-15(13)28-11)26-10-16-22-14(9-27-16)17(24)23-19(18(20)25)6-2-3-7-19/h4-5,8-9H,2-3,6-7,10H2,1H3,(H2,20,25)(H,23,24). The summed E-state index contributed by atoms with van der Waals surface area (Å²) in [6.45, 7) is 2.03. The molecule has 0 unspecified atom stereocenters. The van der Waals surface area contributed by atoms with Gasteiger partial charge in [-0.2, -0.15) is 0 Å². The number of primary amides is 1. The van der Waals surface area contributed by atoms with Crippen LogP contribution in [-0.4, -0.2) is 27.3 Å². The van der Waals surface area contributed by atoms with Crippen LogP contribution in [0.15, 0.2) is 28.9 Å². The van der Waals surface area contributed by atoms with Gasteiger partial charge in [0, 0.05) is 6.07 Å². The van der Waals surface area contributed by atoms with E-state index in [0.717, 1.165) is 28.1 Å². The molecule has 1 aliphatic rings. The molecule has 1 saturated carbocycles. The number of hydrogen-bond donors (Lipinski definition) is 2. The maximum Gasteiger partial charge on any atom is 0.274 e. The number of nitrogens with two attached hydrogens (primary N) is 1. The summed E-state index contributed by atoms with van der Waals surface area (Å²) in [5.41, 5.74) is 5.47. The van der Waals surface area contributed by atoms with Crippen molar-refractivity contribution in [1.82, 2.24) is 15.3 Å². The molecule has 2 aromatic heterocycles. The molecule has 0 spiro atoms. The first-order valence-electron chi connectivity index (χ1n) is 9.02. The minimum absolute atomic E-state index is 0.0723. The van der Waals surface area contributed by atoms with Crippen LogP contribution >= 0.6 is 11.3 Å². The van der Waals surface area contributed by atoms with Crippen molar-refractivity contribution in [2.45, 2.75) is 44.8 Å². The van der Waals surface area contributed by atoms with Gasteiger partial charge in [-0.1, -0.05) is 12.8 Å². The quantitative estimate of drug-likeness (QED) is 0.656. The Balaban J connectivity index is 1.40. The molecule has 3 aromatic rings. The lowest BCUT2D eigenvalue weighted by Crippen LogP contribution is -2.55. The number of thiazole rings is 1. The average molecular weight is 400 g/mol. The van der Waals surface area contributed by atoms with Gasteiger partial charge in [0.1, 0.15) is 17.6 Å². The van der Waals surface area contributed by atoms with Gasteiger partial charge in [-0.05, 0) is 31.9 Å². The van der Waals surface area contributed by atoms with Gasteiger partial charge in [0.25, 0.3) is 5.91 Å². The van der Waals surface area contributed by atoms with Crippen LogP contribution in [0.5, 0.6) is 5.75 Å². The summed E-state index contributed by atoms with van der Waals surface area (Å²) < 4.78 is 12.1. The molecular formula is C19H20N4O4S. The zero-order chi connectivity index (χ0) is 19.7. The second-order valence-corrected chi connectivity index (χ2v) is 8.12. The molecule has 1 aromatic carbocycles. The van der Waals surface area contributed by atoms with Gasteiger partial charge in [-0.15, -0.1) is 11.3 Å². The smallest absolute Gasteiger partial charge is 0.274 e. The van der Waals surface area contributed by atoms with Gasteiger partial charge in [-0.25, -0.2) is 9.97 Å². The van der Waals surface area contributed by atoms with Crippen molar-refractivity contribution in [2.24, 2.45) is 5.73 Å². The summed E-state index contributed by atoms with van der Waals surface area (Å²) in [5, 5.41) is 3.73. The summed E-state index contributed by atoms with van der Waals surface area (Å²) in [4.78, 5) is 32.8. The van der Waals surface area contributed by atoms with Crippen LogP contribution < -0.4 is 15.8 Å². The van der Waals surface area contributed by atoms with Crippen molar-refractivity contribution in [3.05, 3.63) is 41.1 Å². The molecule has 3 N–H and O–H groups in total. The van der Waals surface area contributed by atoms with Crippen LogP contribution in [0.2, 0.25) is 0 Å². The largest absolute Gasteiger partial charge is 0.484 e. The van der Waals surface area contributed by atoms with E-state index in [4.69, 9.17) is 14.9 Å². The number of fused-ring (bicyclic) bond motifs is 1. The van der Waals surface area contributed by atoms with E-state index in [1.807, 2.05) is 25.1 Å². The molecule has 4 rings (SSSR count). The molecule has 2 heterocycles. The highest BCUT2D eigenvalue weighted by atomic mass is 32.1. The Labute approximate surface area is 165 Å². The minimum Gasteiger partial charge on any atom is -0.484 e. The highest BCUT2D eigenvalue weighted by molar-refractivity contribution is 7.18. The van der Waals surface area contributed by atoms with Crippen molar-refractivity contribution in [2.75, 3.05) is 0 Å². The van der Waals surface area contributed by atoms with Crippen LogP contribution in [0.25, 0.3) is 10.2 Å². The molecule has 0 bridgehead atoms. The zero-order valence-electron chi connectivity index (χ0n) is 15.4. The van der Waals surface area contributed by atoms with Crippen LogP contribution in [0.3, 0.4) is 0 Å². The zero-order valence-corrected chi connectivity index (χ0v) is 16.2. The molecule has 0 atom stereocenters. The predicted octanol–water partition coefficient (Wildman–Crippen LogP) is 2.70. The summed E-state index contributed by atoms with van der Waals surface area (Å²) in [6.07, 6.45) is 4.04. The first-order chi connectivity index (χ1) is 13.4. The normalized spacial score (nSPS) is 15.6. The number of carbonyl (C=O) groups excluding carboxylic acids is 2. The third-order valence-corrected chi connectivity index (χ3v) is 5.85. The first-order valence-corrected chi connectivity index (χ1v) is 9.84. The number of aromatic nitrogens is 2. The highest BCUT2D eigenvalue weighted by Crippen LogP contribution is 2.30. The van der Waals surface area contributed by atoms with Gasteiger partial charge in [0.2, 0.25) is 11.8 Å². The van der Waals surface area contributed by atoms with E-state index in [1.54, 1.807) is 11.3 Å². The van der Waals surface area contributed by atoms with E-state index >= 15 is 0 Å². The summed E-state index contributed by atoms with van der Waals surface area (Å²) in [5.74, 6) is -0.0898. The monoisotopic (exact) mass is 400 g/mol. The number of aryl methyl sites for hydroxylation is 1. The lowest BCUT2D eigenvalue weighted by molar-refractivity contribution is -0.123. The van der Waals surface area contributed by atoms with E-state index in [9.17, 15) is 9.59 Å². The van der Waals surface area contributed by atoms with Crippen molar-refractivity contribution in [1.29, 1.82) is 0 Å². The topological polar surface area (TPSA) is 120 Å². The second-order valence-electron chi connectivity index (χ2n) is 6.89. The molecule has 0 aliphatic heterocycles. The molecule has 2 amide bonds. The Hall–Kier alpha value is -2.94. The van der Waals surface area contributed by atoms with Crippen molar-refractivity contribution in [3.8, 4) is 5.75 Å². The number of nitrogens with one attached hydrogen (secondary N) is 1. The Morgan fingerprint density at radius 2 is 2.11 bits per heavy atom. The van der Waals surface area contributed by atoms with Crippen LogP contribution in [0, 0.1) is 6.92 Å².